The Morgan fingerprint density at radius 1 is 1.15 bits per heavy atom. The van der Waals surface area contributed by atoms with E-state index in [4.69, 9.17) is 13.9 Å². The van der Waals surface area contributed by atoms with Gasteiger partial charge in [-0.05, 0) is 24.3 Å². The third kappa shape index (κ3) is 4.12. The van der Waals surface area contributed by atoms with Crippen molar-refractivity contribution in [1.82, 2.24) is 15.1 Å². The number of rotatable bonds is 7. The Morgan fingerprint density at radius 2 is 1.97 bits per heavy atom. The summed E-state index contributed by atoms with van der Waals surface area (Å²) < 4.78 is 18.2. The lowest BCUT2D eigenvalue weighted by Gasteiger charge is -2.19. The highest BCUT2D eigenvalue weighted by Gasteiger charge is 2.28. The molecule has 9 nitrogen and oxygen atoms in total. The molecule has 1 amide bonds. The molecule has 0 saturated heterocycles. The van der Waals surface area contributed by atoms with E-state index in [1.54, 1.807) is 53.5 Å². The first-order valence-corrected chi connectivity index (χ1v) is 10.5. The van der Waals surface area contributed by atoms with Crippen LogP contribution in [0.4, 0.5) is 0 Å². The van der Waals surface area contributed by atoms with Gasteiger partial charge in [0.25, 0.3) is 0 Å². The third-order valence-electron chi connectivity index (χ3n) is 5.59. The zero-order valence-corrected chi connectivity index (χ0v) is 17.6. The summed E-state index contributed by atoms with van der Waals surface area (Å²) in [5.74, 6) is -0.288. The molecular formula is C24H21N3O6. The molecule has 0 unspecified atom stereocenters. The first kappa shape index (κ1) is 20.6. The van der Waals surface area contributed by atoms with Crippen LogP contribution in [0.3, 0.4) is 0 Å². The van der Waals surface area contributed by atoms with Gasteiger partial charge >= 0.3 is 0 Å². The fourth-order valence-corrected chi connectivity index (χ4v) is 3.95. The Kier molecular flexibility index (Phi) is 5.43. The van der Waals surface area contributed by atoms with Crippen molar-refractivity contribution in [3.8, 4) is 17.2 Å². The summed E-state index contributed by atoms with van der Waals surface area (Å²) in [6, 6.07) is 11.7. The number of hydrogen-bond acceptors (Lipinski definition) is 7. The summed E-state index contributed by atoms with van der Waals surface area (Å²) in [6.45, 7) is 0.915. The summed E-state index contributed by atoms with van der Waals surface area (Å²) >= 11 is 0. The number of nitrogens with one attached hydrogen (secondary N) is 1. The van der Waals surface area contributed by atoms with Crippen molar-refractivity contribution >= 4 is 16.9 Å². The van der Waals surface area contributed by atoms with Gasteiger partial charge in [-0.1, -0.05) is 12.1 Å². The highest BCUT2D eigenvalue weighted by atomic mass is 16.7. The number of phenols is 1. The molecule has 9 heteroatoms. The average molecular weight is 447 g/mol. The largest absolute Gasteiger partial charge is 0.508 e. The van der Waals surface area contributed by atoms with Gasteiger partial charge in [-0.15, -0.1) is 0 Å². The zero-order valence-electron chi connectivity index (χ0n) is 17.6. The molecule has 0 bridgehead atoms. The van der Waals surface area contributed by atoms with Crippen LogP contribution in [0.2, 0.25) is 0 Å². The van der Waals surface area contributed by atoms with Crippen LogP contribution in [0.5, 0.6) is 17.2 Å². The number of amides is 1. The number of hydrogen-bond donors (Lipinski definition) is 2. The van der Waals surface area contributed by atoms with E-state index >= 15 is 0 Å². The molecule has 1 aliphatic rings. The van der Waals surface area contributed by atoms with Crippen LogP contribution in [-0.4, -0.2) is 34.1 Å². The molecule has 0 aliphatic carbocycles. The zero-order chi connectivity index (χ0) is 22.8. The van der Waals surface area contributed by atoms with E-state index in [0.717, 1.165) is 0 Å². The van der Waals surface area contributed by atoms with Crippen LogP contribution in [-0.2, 0) is 11.3 Å². The summed E-state index contributed by atoms with van der Waals surface area (Å²) in [7, 11) is 0. The van der Waals surface area contributed by atoms with Gasteiger partial charge in [0.15, 0.2) is 16.9 Å². The van der Waals surface area contributed by atoms with Gasteiger partial charge < -0.3 is 24.3 Å². The minimum Gasteiger partial charge on any atom is -0.508 e. The second-order valence-electron chi connectivity index (χ2n) is 7.66. The molecule has 5 rings (SSSR count). The van der Waals surface area contributed by atoms with E-state index in [0.29, 0.717) is 41.1 Å². The van der Waals surface area contributed by atoms with Gasteiger partial charge in [0.05, 0.1) is 18.2 Å². The minimum atomic E-state index is -0.759. The second-order valence-corrected chi connectivity index (χ2v) is 7.66. The molecule has 4 aromatic rings. The monoisotopic (exact) mass is 447 g/mol. The van der Waals surface area contributed by atoms with Crippen LogP contribution in [0.1, 0.15) is 23.5 Å². The number of fused-ring (bicyclic) bond motifs is 2. The van der Waals surface area contributed by atoms with Gasteiger partial charge in [0.2, 0.25) is 12.7 Å². The first-order chi connectivity index (χ1) is 16.1. The fraction of sp³-hybridized carbons (Fsp3) is 0.208. The lowest BCUT2D eigenvalue weighted by molar-refractivity contribution is -0.121. The predicted octanol–water partition coefficient (Wildman–Crippen LogP) is 2.76. The molecule has 2 N–H and O–H groups in total. The van der Waals surface area contributed by atoms with E-state index in [2.05, 4.69) is 10.4 Å². The maximum atomic E-state index is 13.3. The predicted molar refractivity (Wildman–Crippen MR) is 118 cm³/mol. The van der Waals surface area contributed by atoms with Crippen molar-refractivity contribution in [1.29, 1.82) is 0 Å². The summed E-state index contributed by atoms with van der Waals surface area (Å²) in [5.41, 5.74) is 0.834. The lowest BCUT2D eigenvalue weighted by Crippen LogP contribution is -2.29. The third-order valence-corrected chi connectivity index (χ3v) is 5.59. The molecule has 33 heavy (non-hydrogen) atoms. The van der Waals surface area contributed by atoms with Gasteiger partial charge in [-0.2, -0.15) is 5.10 Å². The number of phenolic OH excluding ortho intramolecular Hbond substituents is 1. The van der Waals surface area contributed by atoms with Gasteiger partial charge in [-0.3, -0.25) is 14.3 Å². The van der Waals surface area contributed by atoms with Crippen LogP contribution in [0.15, 0.2) is 70.3 Å². The maximum Gasteiger partial charge on any atom is 0.231 e. The minimum absolute atomic E-state index is 0.0366. The Hall–Kier alpha value is -4.27. The number of para-hydroxylation sites is 1. The summed E-state index contributed by atoms with van der Waals surface area (Å²) in [4.78, 5) is 26.1. The Labute approximate surface area is 188 Å². The molecule has 0 spiro atoms. The smallest absolute Gasteiger partial charge is 0.231 e. The molecule has 2 aromatic carbocycles. The van der Waals surface area contributed by atoms with Gasteiger partial charge in [0.1, 0.15) is 11.3 Å². The van der Waals surface area contributed by atoms with Crippen molar-refractivity contribution < 1.29 is 23.8 Å². The average Bonchev–Trinajstić information content (AvgIpc) is 3.50. The van der Waals surface area contributed by atoms with Crippen LogP contribution in [0.25, 0.3) is 11.0 Å². The number of ether oxygens (including phenoxy) is 2. The number of carbonyl (C=O) groups excluding carboxylic acids is 1. The van der Waals surface area contributed by atoms with Crippen LogP contribution < -0.4 is 20.2 Å². The Morgan fingerprint density at radius 3 is 2.79 bits per heavy atom. The standard InChI is InChI=1S/C24H21N3O6/c28-19-12-22-21(32-14-33-22)10-17(19)16(11-23(29)25-7-9-27-8-3-6-26-27)18-13-31-20-5-2-1-4-15(20)24(18)30/h1-6,8,10,12-13,16,28H,7,9,11,14H2,(H,25,29)/t16-/m0/s1. The summed E-state index contributed by atoms with van der Waals surface area (Å²) in [5, 5.41) is 18.1. The molecule has 1 aliphatic heterocycles. The van der Waals surface area contributed by atoms with E-state index in [9.17, 15) is 14.7 Å². The van der Waals surface area contributed by atoms with Crippen molar-refractivity contribution in [2.24, 2.45) is 0 Å². The van der Waals surface area contributed by atoms with Crippen molar-refractivity contribution in [2.45, 2.75) is 18.9 Å². The molecule has 168 valence electrons. The fourth-order valence-electron chi connectivity index (χ4n) is 3.95. The maximum absolute atomic E-state index is 13.3. The van der Waals surface area contributed by atoms with Gasteiger partial charge in [0, 0.05) is 48.5 Å². The van der Waals surface area contributed by atoms with E-state index in [1.165, 1.54) is 12.3 Å². The highest BCUT2D eigenvalue weighted by Crippen LogP contribution is 2.42. The number of carbonyl (C=O) groups is 1. The van der Waals surface area contributed by atoms with Crippen molar-refractivity contribution in [3.05, 3.63) is 82.5 Å². The quantitative estimate of drug-likeness (QED) is 0.448. The lowest BCUT2D eigenvalue weighted by atomic mass is 9.87. The second kappa shape index (κ2) is 8.70. The van der Waals surface area contributed by atoms with Crippen LogP contribution in [0, 0.1) is 0 Å². The molecule has 0 fully saturated rings. The van der Waals surface area contributed by atoms with Crippen molar-refractivity contribution in [3.63, 3.8) is 0 Å². The van der Waals surface area contributed by atoms with E-state index in [1.807, 2.05) is 0 Å². The normalized spacial score (nSPS) is 13.2. The summed E-state index contributed by atoms with van der Waals surface area (Å²) in [6.07, 6.45) is 4.75. The van der Waals surface area contributed by atoms with Crippen LogP contribution >= 0.6 is 0 Å². The van der Waals surface area contributed by atoms with E-state index in [-0.39, 0.29) is 35.9 Å². The number of nitrogens with zero attached hydrogens (tertiary/aromatic N) is 2. The number of aromatic hydroxyl groups is 1. The molecule has 1 atom stereocenters. The number of benzene rings is 2. The number of aromatic nitrogens is 2. The van der Waals surface area contributed by atoms with Crippen molar-refractivity contribution in [2.75, 3.05) is 13.3 Å². The molecule has 2 aromatic heterocycles. The Balaban J connectivity index is 1.48. The van der Waals surface area contributed by atoms with Gasteiger partial charge in [-0.25, -0.2) is 0 Å². The first-order valence-electron chi connectivity index (χ1n) is 10.5. The molecular weight excluding hydrogens is 426 g/mol. The molecule has 3 heterocycles. The molecule has 0 saturated carbocycles. The SMILES string of the molecule is O=C(C[C@@H](c1cc2c(cc1O)OCO2)c1coc2ccccc2c1=O)NCCn1cccn1. The topological polar surface area (TPSA) is 116 Å². The highest BCUT2D eigenvalue weighted by molar-refractivity contribution is 5.80. The molecule has 0 radical (unpaired) electrons. The Bertz CT molecular complexity index is 1360. The van der Waals surface area contributed by atoms with E-state index < -0.39 is 5.92 Å².